The van der Waals surface area contributed by atoms with Gasteiger partial charge in [-0.05, 0) is 12.8 Å². The van der Waals surface area contributed by atoms with Crippen LogP contribution in [-0.4, -0.2) is 17.5 Å². The first-order valence-corrected chi connectivity index (χ1v) is 4.89. The molecule has 1 N–H and O–H groups in total. The first-order valence-electron chi connectivity index (χ1n) is 4.89. The molecule has 0 aromatic carbocycles. The highest BCUT2D eigenvalue weighted by atomic mass is 16.3. The highest BCUT2D eigenvalue weighted by Crippen LogP contribution is 2.15. The molecule has 0 aromatic rings. The largest absolute Gasteiger partial charge is 0.396 e. The Kier molecular flexibility index (Phi) is 7.06. The summed E-state index contributed by atoms with van der Waals surface area (Å²) < 4.78 is 0. The van der Waals surface area contributed by atoms with Crippen molar-refractivity contribution in [3.63, 3.8) is 0 Å². The van der Waals surface area contributed by atoms with Gasteiger partial charge in [-0.1, -0.05) is 26.7 Å². The van der Waals surface area contributed by atoms with Crippen LogP contribution in [-0.2, 0) is 4.79 Å². The van der Waals surface area contributed by atoms with Gasteiger partial charge >= 0.3 is 0 Å². The van der Waals surface area contributed by atoms with Crippen molar-refractivity contribution in [3.8, 4) is 0 Å². The second-order valence-electron chi connectivity index (χ2n) is 3.21. The van der Waals surface area contributed by atoms with Crippen molar-refractivity contribution in [2.24, 2.45) is 5.92 Å². The van der Waals surface area contributed by atoms with E-state index in [4.69, 9.17) is 5.11 Å². The van der Waals surface area contributed by atoms with Crippen molar-refractivity contribution in [2.75, 3.05) is 6.61 Å². The summed E-state index contributed by atoms with van der Waals surface area (Å²) in [5.74, 6) is 0.438. The maximum atomic E-state index is 11.4. The third-order valence-electron chi connectivity index (χ3n) is 2.09. The lowest BCUT2D eigenvalue weighted by molar-refractivity contribution is -0.123. The first kappa shape index (κ1) is 11.6. The first-order chi connectivity index (χ1) is 5.76. The Labute approximate surface area is 75.0 Å². The predicted molar refractivity (Wildman–Crippen MR) is 50.0 cm³/mol. The van der Waals surface area contributed by atoms with Gasteiger partial charge < -0.3 is 5.11 Å². The predicted octanol–water partition coefficient (Wildman–Crippen LogP) is 2.15. The molecule has 12 heavy (non-hydrogen) atoms. The minimum absolute atomic E-state index is 0.00274. The van der Waals surface area contributed by atoms with Crippen molar-refractivity contribution in [2.45, 2.75) is 46.0 Å². The molecule has 0 fully saturated rings. The number of aliphatic hydroxyl groups excluding tert-OH is 1. The lowest BCUT2D eigenvalue weighted by Crippen LogP contribution is -2.15. The molecule has 0 saturated heterocycles. The molecule has 0 saturated carbocycles. The van der Waals surface area contributed by atoms with Crippen LogP contribution in [0.4, 0.5) is 0 Å². The molecule has 0 heterocycles. The van der Waals surface area contributed by atoms with E-state index in [1.54, 1.807) is 0 Å². The molecular formula is C10H20O2. The van der Waals surface area contributed by atoms with E-state index >= 15 is 0 Å². The summed E-state index contributed by atoms with van der Waals surface area (Å²) in [6, 6.07) is 0. The van der Waals surface area contributed by atoms with Crippen molar-refractivity contribution in [3.05, 3.63) is 0 Å². The van der Waals surface area contributed by atoms with Gasteiger partial charge in [-0.2, -0.15) is 0 Å². The molecule has 0 amide bonds. The second kappa shape index (κ2) is 7.29. The van der Waals surface area contributed by atoms with Crippen LogP contribution in [0.2, 0.25) is 0 Å². The van der Waals surface area contributed by atoms with Crippen molar-refractivity contribution >= 4 is 5.78 Å². The highest BCUT2D eigenvalue weighted by Gasteiger charge is 2.14. The Morgan fingerprint density at radius 1 is 1.25 bits per heavy atom. The minimum Gasteiger partial charge on any atom is -0.396 e. The van der Waals surface area contributed by atoms with Crippen LogP contribution < -0.4 is 0 Å². The summed E-state index contributed by atoms with van der Waals surface area (Å²) in [7, 11) is 0. The maximum Gasteiger partial charge on any atom is 0.138 e. The van der Waals surface area contributed by atoms with Gasteiger partial charge in [0.25, 0.3) is 0 Å². The fourth-order valence-corrected chi connectivity index (χ4v) is 1.48. The molecule has 0 spiro atoms. The summed E-state index contributed by atoms with van der Waals surface area (Å²) in [6.45, 7) is 4.19. The van der Waals surface area contributed by atoms with E-state index in [2.05, 4.69) is 13.8 Å². The average molecular weight is 172 g/mol. The number of rotatable bonds is 7. The number of ketones is 1. The van der Waals surface area contributed by atoms with E-state index in [0.717, 1.165) is 25.7 Å². The van der Waals surface area contributed by atoms with Crippen molar-refractivity contribution < 1.29 is 9.90 Å². The van der Waals surface area contributed by atoms with Crippen LogP contribution >= 0.6 is 0 Å². The zero-order valence-corrected chi connectivity index (χ0v) is 8.18. The third kappa shape index (κ3) is 4.50. The smallest absolute Gasteiger partial charge is 0.138 e. The number of aliphatic hydroxyl groups is 1. The molecule has 72 valence electrons. The van der Waals surface area contributed by atoms with Gasteiger partial charge in [0.2, 0.25) is 0 Å². The van der Waals surface area contributed by atoms with Gasteiger partial charge in [0, 0.05) is 18.9 Å². The molecule has 0 radical (unpaired) electrons. The van der Waals surface area contributed by atoms with Gasteiger partial charge in [-0.3, -0.25) is 4.79 Å². The van der Waals surface area contributed by atoms with E-state index in [0.29, 0.717) is 6.42 Å². The molecule has 0 unspecified atom stereocenters. The van der Waals surface area contributed by atoms with Crippen LogP contribution in [0.5, 0.6) is 0 Å². The zero-order chi connectivity index (χ0) is 9.40. The van der Waals surface area contributed by atoms with Crippen molar-refractivity contribution in [1.29, 1.82) is 0 Å². The average Bonchev–Trinajstić information content (AvgIpc) is 2.04. The number of carbonyl (C=O) groups is 1. The van der Waals surface area contributed by atoms with Gasteiger partial charge in [-0.25, -0.2) is 0 Å². The van der Waals surface area contributed by atoms with Crippen molar-refractivity contribution in [1.82, 2.24) is 0 Å². The van der Waals surface area contributed by atoms with Gasteiger partial charge in [0.1, 0.15) is 5.78 Å². The van der Waals surface area contributed by atoms with Gasteiger partial charge in [0.15, 0.2) is 0 Å². The maximum absolute atomic E-state index is 11.4. The number of hydrogen-bond acceptors (Lipinski definition) is 2. The van der Waals surface area contributed by atoms with Crippen LogP contribution in [0, 0.1) is 5.92 Å². The quantitative estimate of drug-likeness (QED) is 0.639. The van der Waals surface area contributed by atoms with Crippen LogP contribution in [0.15, 0.2) is 0 Å². The molecule has 0 aliphatic heterocycles. The van der Waals surface area contributed by atoms with Crippen LogP contribution in [0.3, 0.4) is 0 Å². The fourth-order valence-electron chi connectivity index (χ4n) is 1.48. The molecule has 0 aliphatic carbocycles. The number of carbonyl (C=O) groups excluding carboxylic acids is 1. The highest BCUT2D eigenvalue weighted by molar-refractivity contribution is 5.80. The van der Waals surface area contributed by atoms with Gasteiger partial charge in [-0.15, -0.1) is 0 Å². The molecule has 0 rings (SSSR count). The molecule has 2 nitrogen and oxygen atoms in total. The lowest BCUT2D eigenvalue weighted by atomic mass is 9.92. The molecule has 2 heteroatoms. The van der Waals surface area contributed by atoms with E-state index < -0.39 is 0 Å². The number of Topliss-reactive ketones (excluding diaryl/α,β-unsaturated/α-hetero) is 1. The summed E-state index contributed by atoms with van der Waals surface area (Å²) >= 11 is 0. The fraction of sp³-hybridized carbons (Fsp3) is 0.900. The Bertz CT molecular complexity index is 115. The normalized spacial score (nSPS) is 10.7. The van der Waals surface area contributed by atoms with E-state index in [-0.39, 0.29) is 18.3 Å². The molecule has 0 aromatic heterocycles. The molecular weight excluding hydrogens is 152 g/mol. The minimum atomic E-state index is 0.00274. The second-order valence-corrected chi connectivity index (χ2v) is 3.21. The monoisotopic (exact) mass is 172 g/mol. The van der Waals surface area contributed by atoms with E-state index in [1.165, 1.54) is 0 Å². The summed E-state index contributed by atoms with van der Waals surface area (Å²) in [6.07, 6.45) is 4.41. The Morgan fingerprint density at radius 3 is 2.08 bits per heavy atom. The topological polar surface area (TPSA) is 37.3 Å². The van der Waals surface area contributed by atoms with Crippen LogP contribution in [0.1, 0.15) is 46.0 Å². The molecule has 0 atom stereocenters. The van der Waals surface area contributed by atoms with E-state index in [9.17, 15) is 4.79 Å². The number of hydrogen-bond donors (Lipinski definition) is 1. The van der Waals surface area contributed by atoms with E-state index in [1.807, 2.05) is 0 Å². The Balaban J connectivity index is 3.81. The zero-order valence-electron chi connectivity index (χ0n) is 8.18. The third-order valence-corrected chi connectivity index (χ3v) is 2.09. The van der Waals surface area contributed by atoms with Gasteiger partial charge in [0.05, 0.1) is 0 Å². The molecule has 0 aliphatic rings. The summed E-state index contributed by atoms with van der Waals surface area (Å²) in [4.78, 5) is 11.4. The molecule has 0 bridgehead atoms. The van der Waals surface area contributed by atoms with Crippen LogP contribution in [0.25, 0.3) is 0 Å². The standard InChI is InChI=1S/C10H20O2/c1-3-5-9(6-4-2)10(12)7-8-11/h9,11H,3-8H2,1-2H3. The lowest BCUT2D eigenvalue weighted by Gasteiger charge is -2.12. The Hall–Kier alpha value is -0.370. The summed E-state index contributed by atoms with van der Waals surface area (Å²) in [5.41, 5.74) is 0. The summed E-state index contributed by atoms with van der Waals surface area (Å²) in [5, 5.41) is 8.60. The Morgan fingerprint density at radius 2 is 1.75 bits per heavy atom. The SMILES string of the molecule is CCCC(CCC)C(=O)CCO.